The van der Waals surface area contributed by atoms with Crippen LogP contribution in [0.5, 0.6) is 5.75 Å². The van der Waals surface area contributed by atoms with Gasteiger partial charge in [-0.2, -0.15) is 0 Å². The first-order chi connectivity index (χ1) is 10.3. The predicted molar refractivity (Wildman–Crippen MR) is 82.1 cm³/mol. The molecule has 2 saturated heterocycles. The molecule has 116 valence electrons. The molecule has 2 aliphatic rings. The van der Waals surface area contributed by atoms with Crippen molar-refractivity contribution in [1.29, 1.82) is 0 Å². The topological polar surface area (TPSA) is 24.5 Å². The van der Waals surface area contributed by atoms with E-state index in [0.717, 1.165) is 31.6 Å². The Morgan fingerprint density at radius 2 is 2.00 bits per heavy atom. The van der Waals surface area contributed by atoms with E-state index in [0.29, 0.717) is 12.4 Å². The van der Waals surface area contributed by atoms with Gasteiger partial charge in [0.05, 0.1) is 0 Å². The highest BCUT2D eigenvalue weighted by Crippen LogP contribution is 2.25. The highest BCUT2D eigenvalue weighted by molar-refractivity contribution is 5.23. The zero-order valence-electron chi connectivity index (χ0n) is 12.6. The zero-order valence-corrected chi connectivity index (χ0v) is 12.6. The van der Waals surface area contributed by atoms with Crippen molar-refractivity contribution in [3.63, 3.8) is 0 Å². The van der Waals surface area contributed by atoms with E-state index in [1.54, 1.807) is 18.2 Å². The summed E-state index contributed by atoms with van der Waals surface area (Å²) in [6, 6.07) is 7.37. The SMILES string of the molecule is Fc1ccccc1OCCN1CCC(C2CCCN2)CC1. The highest BCUT2D eigenvalue weighted by Gasteiger charge is 2.28. The van der Waals surface area contributed by atoms with Crippen molar-refractivity contribution in [2.24, 2.45) is 5.92 Å². The fourth-order valence-electron chi connectivity index (χ4n) is 3.54. The molecule has 2 aliphatic heterocycles. The van der Waals surface area contributed by atoms with Gasteiger partial charge < -0.3 is 10.1 Å². The summed E-state index contributed by atoms with van der Waals surface area (Å²) in [5, 5.41) is 3.63. The van der Waals surface area contributed by atoms with E-state index in [1.165, 1.54) is 38.3 Å². The molecule has 0 spiro atoms. The minimum atomic E-state index is -0.275. The van der Waals surface area contributed by atoms with Crippen LogP contribution >= 0.6 is 0 Å². The Balaban J connectivity index is 1.37. The molecular formula is C17H25FN2O. The van der Waals surface area contributed by atoms with E-state index < -0.39 is 0 Å². The van der Waals surface area contributed by atoms with Crippen molar-refractivity contribution in [1.82, 2.24) is 10.2 Å². The van der Waals surface area contributed by atoms with E-state index >= 15 is 0 Å². The molecule has 4 heteroatoms. The van der Waals surface area contributed by atoms with Crippen molar-refractivity contribution in [3.8, 4) is 5.75 Å². The monoisotopic (exact) mass is 292 g/mol. The second kappa shape index (κ2) is 7.23. The number of piperidine rings is 1. The number of nitrogens with zero attached hydrogens (tertiary/aromatic N) is 1. The maximum Gasteiger partial charge on any atom is 0.165 e. The quantitative estimate of drug-likeness (QED) is 0.903. The number of hydrogen-bond acceptors (Lipinski definition) is 3. The van der Waals surface area contributed by atoms with Gasteiger partial charge in [0.15, 0.2) is 11.6 Å². The average Bonchev–Trinajstić information content (AvgIpc) is 3.04. The summed E-state index contributed by atoms with van der Waals surface area (Å²) in [4.78, 5) is 2.44. The van der Waals surface area contributed by atoms with Crippen molar-refractivity contribution >= 4 is 0 Å². The van der Waals surface area contributed by atoms with Crippen LogP contribution in [0.2, 0.25) is 0 Å². The lowest BCUT2D eigenvalue weighted by molar-refractivity contribution is 0.139. The predicted octanol–water partition coefficient (Wildman–Crippen LogP) is 2.67. The van der Waals surface area contributed by atoms with Crippen LogP contribution < -0.4 is 10.1 Å². The van der Waals surface area contributed by atoms with Gasteiger partial charge in [-0.05, 0) is 63.4 Å². The highest BCUT2D eigenvalue weighted by atomic mass is 19.1. The van der Waals surface area contributed by atoms with Gasteiger partial charge in [-0.3, -0.25) is 4.90 Å². The third-order valence-corrected chi connectivity index (χ3v) is 4.80. The normalized spacial score (nSPS) is 24.3. The van der Waals surface area contributed by atoms with Crippen molar-refractivity contribution in [3.05, 3.63) is 30.1 Å². The first kappa shape index (κ1) is 14.8. The summed E-state index contributed by atoms with van der Waals surface area (Å²) >= 11 is 0. The number of hydrogen-bond donors (Lipinski definition) is 1. The Kier molecular flexibility index (Phi) is 5.09. The van der Waals surface area contributed by atoms with E-state index in [9.17, 15) is 4.39 Å². The standard InChI is InChI=1S/C17H25FN2O/c18-15-4-1-2-6-17(15)21-13-12-20-10-7-14(8-11-20)16-5-3-9-19-16/h1-2,4,6,14,16,19H,3,5,7-13H2. The van der Waals surface area contributed by atoms with Crippen molar-refractivity contribution < 1.29 is 9.13 Å². The average molecular weight is 292 g/mol. The fourth-order valence-corrected chi connectivity index (χ4v) is 3.54. The van der Waals surface area contributed by atoms with E-state index in [2.05, 4.69) is 10.2 Å². The number of para-hydroxylation sites is 1. The van der Waals surface area contributed by atoms with Crippen LogP contribution in [-0.4, -0.2) is 43.7 Å². The Morgan fingerprint density at radius 3 is 2.71 bits per heavy atom. The summed E-state index contributed by atoms with van der Waals surface area (Å²) in [5.41, 5.74) is 0. The molecule has 2 heterocycles. The van der Waals surface area contributed by atoms with Crippen LogP contribution in [0.4, 0.5) is 4.39 Å². The van der Waals surface area contributed by atoms with Crippen LogP contribution in [0.15, 0.2) is 24.3 Å². The Bertz CT molecular complexity index is 440. The van der Waals surface area contributed by atoms with Gasteiger partial charge in [-0.1, -0.05) is 12.1 Å². The fraction of sp³-hybridized carbons (Fsp3) is 0.647. The first-order valence-electron chi connectivity index (χ1n) is 8.16. The van der Waals surface area contributed by atoms with Gasteiger partial charge in [0.1, 0.15) is 6.61 Å². The summed E-state index contributed by atoms with van der Waals surface area (Å²) in [6.45, 7) is 4.93. The number of halogens is 1. The van der Waals surface area contributed by atoms with Crippen LogP contribution in [0, 0.1) is 11.7 Å². The molecule has 21 heavy (non-hydrogen) atoms. The maximum absolute atomic E-state index is 13.4. The lowest BCUT2D eigenvalue weighted by Crippen LogP contribution is -2.42. The van der Waals surface area contributed by atoms with Crippen LogP contribution in [0.25, 0.3) is 0 Å². The molecule has 1 unspecified atom stereocenters. The summed E-state index contributed by atoms with van der Waals surface area (Å²) in [6.07, 6.45) is 5.23. The second-order valence-corrected chi connectivity index (χ2v) is 6.16. The third kappa shape index (κ3) is 3.95. The number of rotatable bonds is 5. The van der Waals surface area contributed by atoms with Gasteiger partial charge in [0, 0.05) is 12.6 Å². The largest absolute Gasteiger partial charge is 0.489 e. The summed E-state index contributed by atoms with van der Waals surface area (Å²) < 4.78 is 19.0. The van der Waals surface area contributed by atoms with E-state index in [1.807, 2.05) is 0 Å². The Hall–Kier alpha value is -1.13. The lowest BCUT2D eigenvalue weighted by Gasteiger charge is -2.34. The van der Waals surface area contributed by atoms with Crippen molar-refractivity contribution in [2.45, 2.75) is 31.7 Å². The summed E-state index contributed by atoms with van der Waals surface area (Å²) in [7, 11) is 0. The van der Waals surface area contributed by atoms with Crippen LogP contribution in [0.1, 0.15) is 25.7 Å². The maximum atomic E-state index is 13.4. The minimum Gasteiger partial charge on any atom is -0.489 e. The molecule has 0 radical (unpaired) electrons. The van der Waals surface area contributed by atoms with Gasteiger partial charge >= 0.3 is 0 Å². The number of likely N-dealkylation sites (tertiary alicyclic amines) is 1. The molecule has 1 aromatic carbocycles. The van der Waals surface area contributed by atoms with Gasteiger partial charge in [0.25, 0.3) is 0 Å². The Morgan fingerprint density at radius 1 is 1.19 bits per heavy atom. The van der Waals surface area contributed by atoms with Crippen LogP contribution in [0.3, 0.4) is 0 Å². The molecule has 0 aliphatic carbocycles. The number of nitrogens with one attached hydrogen (secondary N) is 1. The first-order valence-corrected chi connectivity index (χ1v) is 8.16. The molecule has 0 aromatic heterocycles. The van der Waals surface area contributed by atoms with Crippen molar-refractivity contribution in [2.75, 3.05) is 32.8 Å². The number of benzene rings is 1. The lowest BCUT2D eigenvalue weighted by atomic mass is 9.88. The molecule has 1 N–H and O–H groups in total. The molecule has 3 nitrogen and oxygen atoms in total. The molecule has 1 aromatic rings. The third-order valence-electron chi connectivity index (χ3n) is 4.80. The molecule has 0 amide bonds. The molecule has 1 atom stereocenters. The Labute approximate surface area is 126 Å². The zero-order chi connectivity index (χ0) is 14.5. The molecule has 3 rings (SSSR count). The second-order valence-electron chi connectivity index (χ2n) is 6.16. The number of ether oxygens (including phenoxy) is 1. The molecular weight excluding hydrogens is 267 g/mol. The van der Waals surface area contributed by atoms with Gasteiger partial charge in [-0.25, -0.2) is 4.39 Å². The van der Waals surface area contributed by atoms with E-state index in [-0.39, 0.29) is 5.82 Å². The van der Waals surface area contributed by atoms with E-state index in [4.69, 9.17) is 4.74 Å². The van der Waals surface area contributed by atoms with Crippen LogP contribution in [-0.2, 0) is 0 Å². The molecule has 0 saturated carbocycles. The minimum absolute atomic E-state index is 0.275. The smallest absolute Gasteiger partial charge is 0.165 e. The molecule has 2 fully saturated rings. The van der Waals surface area contributed by atoms with Gasteiger partial charge in [-0.15, -0.1) is 0 Å². The summed E-state index contributed by atoms with van der Waals surface area (Å²) in [5.74, 6) is 0.933. The van der Waals surface area contributed by atoms with Gasteiger partial charge in [0.2, 0.25) is 0 Å². The molecule has 0 bridgehead atoms.